The SMILES string of the molecule is C=CCN1CC(C)(CC)NCC1CC(C)C. The monoisotopic (exact) mass is 224 g/mol. The normalized spacial score (nSPS) is 31.9. The van der Waals surface area contributed by atoms with E-state index >= 15 is 0 Å². The third-order valence-electron chi connectivity index (χ3n) is 3.72. The molecule has 0 amide bonds. The van der Waals surface area contributed by atoms with Crippen LogP contribution in [0.3, 0.4) is 0 Å². The molecule has 0 saturated carbocycles. The van der Waals surface area contributed by atoms with Crippen LogP contribution in [0.5, 0.6) is 0 Å². The maximum Gasteiger partial charge on any atom is 0.0278 e. The molecule has 0 spiro atoms. The van der Waals surface area contributed by atoms with Gasteiger partial charge in [-0.1, -0.05) is 26.8 Å². The van der Waals surface area contributed by atoms with Crippen molar-refractivity contribution in [3.05, 3.63) is 12.7 Å². The molecule has 1 saturated heterocycles. The van der Waals surface area contributed by atoms with Crippen LogP contribution in [0.4, 0.5) is 0 Å². The highest BCUT2D eigenvalue weighted by atomic mass is 15.2. The van der Waals surface area contributed by atoms with E-state index < -0.39 is 0 Å². The minimum atomic E-state index is 0.288. The van der Waals surface area contributed by atoms with Gasteiger partial charge < -0.3 is 5.32 Å². The highest BCUT2D eigenvalue weighted by molar-refractivity contribution is 4.96. The van der Waals surface area contributed by atoms with Crippen molar-refractivity contribution >= 4 is 0 Å². The van der Waals surface area contributed by atoms with E-state index in [0.717, 1.165) is 25.6 Å². The van der Waals surface area contributed by atoms with Crippen LogP contribution in [-0.2, 0) is 0 Å². The Morgan fingerprint density at radius 3 is 2.75 bits per heavy atom. The molecule has 0 aliphatic carbocycles. The van der Waals surface area contributed by atoms with E-state index in [1.54, 1.807) is 0 Å². The van der Waals surface area contributed by atoms with Crippen molar-refractivity contribution in [2.75, 3.05) is 19.6 Å². The first-order valence-corrected chi connectivity index (χ1v) is 6.60. The number of rotatable bonds is 5. The lowest BCUT2D eigenvalue weighted by atomic mass is 9.91. The van der Waals surface area contributed by atoms with Crippen molar-refractivity contribution in [3.63, 3.8) is 0 Å². The molecule has 0 bridgehead atoms. The Balaban J connectivity index is 2.63. The quantitative estimate of drug-likeness (QED) is 0.722. The van der Waals surface area contributed by atoms with Crippen molar-refractivity contribution in [2.45, 2.75) is 52.1 Å². The summed E-state index contributed by atoms with van der Waals surface area (Å²) >= 11 is 0. The number of hydrogen-bond acceptors (Lipinski definition) is 2. The van der Waals surface area contributed by atoms with Crippen molar-refractivity contribution in [1.29, 1.82) is 0 Å². The fourth-order valence-electron chi connectivity index (χ4n) is 2.52. The van der Waals surface area contributed by atoms with E-state index in [9.17, 15) is 0 Å². The van der Waals surface area contributed by atoms with Crippen LogP contribution in [0.1, 0.15) is 40.5 Å². The first-order chi connectivity index (χ1) is 7.50. The summed E-state index contributed by atoms with van der Waals surface area (Å²) in [6.07, 6.45) is 4.50. The third kappa shape index (κ3) is 3.60. The van der Waals surface area contributed by atoms with Crippen molar-refractivity contribution in [2.24, 2.45) is 5.92 Å². The molecule has 1 N–H and O–H groups in total. The predicted octanol–water partition coefficient (Wildman–Crippen LogP) is 2.66. The summed E-state index contributed by atoms with van der Waals surface area (Å²) in [6.45, 7) is 16.4. The Kier molecular flexibility index (Phi) is 5.00. The molecule has 2 unspecified atom stereocenters. The molecule has 0 aromatic heterocycles. The Morgan fingerprint density at radius 2 is 2.25 bits per heavy atom. The zero-order chi connectivity index (χ0) is 12.2. The van der Waals surface area contributed by atoms with Gasteiger partial charge in [-0.05, 0) is 25.7 Å². The summed E-state index contributed by atoms with van der Waals surface area (Å²) in [5.74, 6) is 0.769. The summed E-state index contributed by atoms with van der Waals surface area (Å²) in [5.41, 5.74) is 0.288. The lowest BCUT2D eigenvalue weighted by Crippen LogP contribution is -2.62. The molecular formula is C14H28N2. The van der Waals surface area contributed by atoms with Gasteiger partial charge in [0, 0.05) is 31.2 Å². The fraction of sp³-hybridized carbons (Fsp3) is 0.857. The average Bonchev–Trinajstić information content (AvgIpc) is 2.22. The number of hydrogen-bond donors (Lipinski definition) is 1. The summed E-state index contributed by atoms with van der Waals surface area (Å²) < 4.78 is 0. The van der Waals surface area contributed by atoms with Gasteiger partial charge in [-0.15, -0.1) is 6.58 Å². The molecule has 1 rings (SSSR count). The van der Waals surface area contributed by atoms with Crippen LogP contribution in [-0.4, -0.2) is 36.1 Å². The van der Waals surface area contributed by atoms with E-state index in [-0.39, 0.29) is 5.54 Å². The maximum atomic E-state index is 3.88. The first kappa shape index (κ1) is 13.7. The molecule has 2 nitrogen and oxygen atoms in total. The minimum absolute atomic E-state index is 0.288. The summed E-state index contributed by atoms with van der Waals surface area (Å²) in [6, 6.07) is 0.678. The highest BCUT2D eigenvalue weighted by Gasteiger charge is 2.33. The molecule has 16 heavy (non-hydrogen) atoms. The van der Waals surface area contributed by atoms with Crippen molar-refractivity contribution in [1.82, 2.24) is 10.2 Å². The van der Waals surface area contributed by atoms with Crippen LogP contribution in [0.2, 0.25) is 0 Å². The first-order valence-electron chi connectivity index (χ1n) is 6.60. The lowest BCUT2D eigenvalue weighted by molar-refractivity contribution is 0.0837. The number of piperazine rings is 1. The Bertz CT molecular complexity index is 225. The maximum absolute atomic E-state index is 3.88. The average molecular weight is 224 g/mol. The number of nitrogens with zero attached hydrogens (tertiary/aromatic N) is 1. The molecule has 2 heteroatoms. The molecule has 0 aromatic rings. The van der Waals surface area contributed by atoms with Crippen LogP contribution in [0.25, 0.3) is 0 Å². The van der Waals surface area contributed by atoms with E-state index in [2.05, 4.69) is 44.5 Å². The van der Waals surface area contributed by atoms with Gasteiger partial charge in [-0.2, -0.15) is 0 Å². The second kappa shape index (κ2) is 5.83. The van der Waals surface area contributed by atoms with Gasteiger partial charge in [0.05, 0.1) is 0 Å². The minimum Gasteiger partial charge on any atom is -0.309 e. The highest BCUT2D eigenvalue weighted by Crippen LogP contribution is 2.22. The zero-order valence-corrected chi connectivity index (χ0v) is 11.4. The molecule has 1 aliphatic rings. The van der Waals surface area contributed by atoms with Gasteiger partial charge in [0.1, 0.15) is 0 Å². The van der Waals surface area contributed by atoms with Gasteiger partial charge >= 0.3 is 0 Å². The molecule has 1 aliphatic heterocycles. The third-order valence-corrected chi connectivity index (χ3v) is 3.72. The molecule has 1 fully saturated rings. The predicted molar refractivity (Wildman–Crippen MR) is 71.7 cm³/mol. The lowest BCUT2D eigenvalue weighted by Gasteiger charge is -2.46. The van der Waals surface area contributed by atoms with Crippen molar-refractivity contribution < 1.29 is 0 Å². The molecule has 0 radical (unpaired) electrons. The molecule has 94 valence electrons. The Morgan fingerprint density at radius 1 is 1.56 bits per heavy atom. The van der Waals surface area contributed by atoms with Crippen LogP contribution in [0, 0.1) is 5.92 Å². The van der Waals surface area contributed by atoms with E-state index in [1.807, 2.05) is 6.08 Å². The van der Waals surface area contributed by atoms with Crippen LogP contribution in [0.15, 0.2) is 12.7 Å². The summed E-state index contributed by atoms with van der Waals surface area (Å²) in [5, 5.41) is 3.71. The van der Waals surface area contributed by atoms with E-state index in [1.165, 1.54) is 12.8 Å². The standard InChI is InChI=1S/C14H28N2/c1-6-8-16-11-14(5,7-2)15-10-13(16)9-12(3)4/h6,12-13,15H,1,7-11H2,2-5H3. The topological polar surface area (TPSA) is 15.3 Å². The fourth-order valence-corrected chi connectivity index (χ4v) is 2.52. The smallest absolute Gasteiger partial charge is 0.0278 e. The second-order valence-corrected chi connectivity index (χ2v) is 5.80. The zero-order valence-electron chi connectivity index (χ0n) is 11.4. The molecular weight excluding hydrogens is 196 g/mol. The van der Waals surface area contributed by atoms with Gasteiger partial charge in [-0.3, -0.25) is 4.90 Å². The van der Waals surface area contributed by atoms with Gasteiger partial charge in [0.2, 0.25) is 0 Å². The van der Waals surface area contributed by atoms with Crippen molar-refractivity contribution in [3.8, 4) is 0 Å². The van der Waals surface area contributed by atoms with Gasteiger partial charge in [0.25, 0.3) is 0 Å². The number of nitrogens with one attached hydrogen (secondary N) is 1. The molecule has 0 aromatic carbocycles. The molecule has 1 heterocycles. The Hall–Kier alpha value is -0.340. The van der Waals surface area contributed by atoms with Gasteiger partial charge in [0.15, 0.2) is 0 Å². The summed E-state index contributed by atoms with van der Waals surface area (Å²) in [4.78, 5) is 2.59. The van der Waals surface area contributed by atoms with Gasteiger partial charge in [-0.25, -0.2) is 0 Å². The Labute approximate surface area is 101 Å². The largest absolute Gasteiger partial charge is 0.309 e. The van der Waals surface area contributed by atoms with E-state index in [0.29, 0.717) is 6.04 Å². The second-order valence-electron chi connectivity index (χ2n) is 5.80. The molecule has 2 atom stereocenters. The van der Waals surface area contributed by atoms with E-state index in [4.69, 9.17) is 0 Å². The van der Waals surface area contributed by atoms with Crippen LogP contribution < -0.4 is 5.32 Å². The summed E-state index contributed by atoms with van der Waals surface area (Å²) in [7, 11) is 0. The van der Waals surface area contributed by atoms with Crippen LogP contribution >= 0.6 is 0 Å².